The van der Waals surface area contributed by atoms with Gasteiger partial charge in [-0.25, -0.2) is 9.97 Å². The van der Waals surface area contributed by atoms with Crippen molar-refractivity contribution in [2.75, 3.05) is 19.0 Å². The standard InChI is InChI=1S/C11H13N5O/c1-3-13-11-10(17-2)9(15-7-16-11)8-6-12-4-5-14-8/h4-7H,3H2,1-2H3,(H,13,15,16). The van der Waals surface area contributed by atoms with Crippen molar-refractivity contribution in [3.05, 3.63) is 24.9 Å². The van der Waals surface area contributed by atoms with E-state index in [1.807, 2.05) is 6.92 Å². The number of nitrogens with zero attached hydrogens (tertiary/aromatic N) is 4. The number of aromatic nitrogens is 4. The SMILES string of the molecule is CCNc1ncnc(-c2cnccn2)c1OC. The van der Waals surface area contributed by atoms with Crippen molar-refractivity contribution in [3.63, 3.8) is 0 Å². The van der Waals surface area contributed by atoms with E-state index in [1.54, 1.807) is 25.7 Å². The fourth-order valence-corrected chi connectivity index (χ4v) is 1.46. The molecule has 0 aromatic carbocycles. The number of methoxy groups -OCH3 is 1. The third-order valence-electron chi connectivity index (χ3n) is 2.16. The van der Waals surface area contributed by atoms with E-state index in [9.17, 15) is 0 Å². The quantitative estimate of drug-likeness (QED) is 0.856. The molecule has 0 bridgehead atoms. The van der Waals surface area contributed by atoms with Crippen molar-refractivity contribution < 1.29 is 4.74 Å². The van der Waals surface area contributed by atoms with Crippen molar-refractivity contribution in [2.24, 2.45) is 0 Å². The molecule has 2 heterocycles. The maximum absolute atomic E-state index is 5.33. The van der Waals surface area contributed by atoms with E-state index >= 15 is 0 Å². The summed E-state index contributed by atoms with van der Waals surface area (Å²) >= 11 is 0. The lowest BCUT2D eigenvalue weighted by molar-refractivity contribution is 0.414. The zero-order chi connectivity index (χ0) is 12.1. The molecule has 2 aromatic rings. The monoisotopic (exact) mass is 231 g/mol. The van der Waals surface area contributed by atoms with Crippen LogP contribution < -0.4 is 10.1 Å². The summed E-state index contributed by atoms with van der Waals surface area (Å²) in [4.78, 5) is 16.5. The molecule has 0 spiro atoms. The van der Waals surface area contributed by atoms with Crippen LogP contribution in [0, 0.1) is 0 Å². The van der Waals surface area contributed by atoms with Crippen LogP contribution in [0.3, 0.4) is 0 Å². The van der Waals surface area contributed by atoms with Crippen LogP contribution in [-0.4, -0.2) is 33.6 Å². The fraction of sp³-hybridized carbons (Fsp3) is 0.273. The highest BCUT2D eigenvalue weighted by atomic mass is 16.5. The summed E-state index contributed by atoms with van der Waals surface area (Å²) < 4.78 is 5.33. The molecule has 2 aromatic heterocycles. The number of ether oxygens (including phenoxy) is 1. The zero-order valence-electron chi connectivity index (χ0n) is 9.71. The second-order valence-electron chi connectivity index (χ2n) is 3.23. The van der Waals surface area contributed by atoms with Gasteiger partial charge in [-0.05, 0) is 6.92 Å². The van der Waals surface area contributed by atoms with Gasteiger partial charge < -0.3 is 10.1 Å². The van der Waals surface area contributed by atoms with Crippen LogP contribution in [0.15, 0.2) is 24.9 Å². The first-order valence-electron chi connectivity index (χ1n) is 5.26. The van der Waals surface area contributed by atoms with Gasteiger partial charge in [0.25, 0.3) is 0 Å². The molecule has 88 valence electrons. The highest BCUT2D eigenvalue weighted by molar-refractivity contribution is 5.69. The molecule has 0 atom stereocenters. The van der Waals surface area contributed by atoms with Crippen molar-refractivity contribution in [1.82, 2.24) is 19.9 Å². The van der Waals surface area contributed by atoms with Crippen molar-refractivity contribution in [3.8, 4) is 17.1 Å². The van der Waals surface area contributed by atoms with Gasteiger partial charge in [-0.3, -0.25) is 9.97 Å². The van der Waals surface area contributed by atoms with Crippen LogP contribution in [0.1, 0.15) is 6.92 Å². The normalized spacial score (nSPS) is 10.0. The molecular formula is C11H13N5O. The van der Waals surface area contributed by atoms with Crippen molar-refractivity contribution in [1.29, 1.82) is 0 Å². The van der Waals surface area contributed by atoms with E-state index < -0.39 is 0 Å². The average Bonchev–Trinajstić information content (AvgIpc) is 2.40. The van der Waals surface area contributed by atoms with E-state index in [0.717, 1.165) is 6.54 Å². The summed E-state index contributed by atoms with van der Waals surface area (Å²) in [5, 5.41) is 3.11. The minimum atomic E-state index is 0.579. The Labute approximate surface area is 99.1 Å². The van der Waals surface area contributed by atoms with Gasteiger partial charge in [-0.15, -0.1) is 0 Å². The van der Waals surface area contributed by atoms with Crippen LogP contribution in [0.4, 0.5) is 5.82 Å². The molecular weight excluding hydrogens is 218 g/mol. The Bertz CT molecular complexity index is 488. The lowest BCUT2D eigenvalue weighted by Gasteiger charge is -2.11. The molecule has 0 saturated carbocycles. The summed E-state index contributed by atoms with van der Waals surface area (Å²) in [5.41, 5.74) is 1.29. The highest BCUT2D eigenvalue weighted by Gasteiger charge is 2.14. The summed E-state index contributed by atoms with van der Waals surface area (Å²) in [7, 11) is 1.58. The van der Waals surface area contributed by atoms with E-state index in [-0.39, 0.29) is 0 Å². The lowest BCUT2D eigenvalue weighted by Crippen LogP contribution is -2.04. The molecule has 1 N–H and O–H groups in total. The summed E-state index contributed by atoms with van der Waals surface area (Å²) in [6.07, 6.45) is 6.34. The van der Waals surface area contributed by atoms with Gasteiger partial charge in [-0.2, -0.15) is 0 Å². The summed E-state index contributed by atoms with van der Waals surface area (Å²) in [6.45, 7) is 2.75. The van der Waals surface area contributed by atoms with Gasteiger partial charge in [-0.1, -0.05) is 0 Å². The van der Waals surface area contributed by atoms with E-state index in [2.05, 4.69) is 25.3 Å². The number of rotatable bonds is 4. The van der Waals surface area contributed by atoms with E-state index in [4.69, 9.17) is 4.74 Å². The Morgan fingerprint density at radius 1 is 1.24 bits per heavy atom. The van der Waals surface area contributed by atoms with Crippen LogP contribution in [0.2, 0.25) is 0 Å². The van der Waals surface area contributed by atoms with Crippen LogP contribution in [-0.2, 0) is 0 Å². The molecule has 0 amide bonds. The Balaban J connectivity index is 2.50. The van der Waals surface area contributed by atoms with Gasteiger partial charge in [0.2, 0.25) is 0 Å². The second kappa shape index (κ2) is 5.20. The first kappa shape index (κ1) is 11.3. The summed E-state index contributed by atoms with van der Waals surface area (Å²) in [5.74, 6) is 1.24. The minimum absolute atomic E-state index is 0.579. The molecule has 0 saturated heterocycles. The Kier molecular flexibility index (Phi) is 3.44. The molecule has 17 heavy (non-hydrogen) atoms. The zero-order valence-corrected chi connectivity index (χ0v) is 9.71. The summed E-state index contributed by atoms with van der Waals surface area (Å²) in [6, 6.07) is 0. The second-order valence-corrected chi connectivity index (χ2v) is 3.23. The maximum atomic E-state index is 5.33. The molecule has 0 aliphatic heterocycles. The number of anilines is 1. The fourth-order valence-electron chi connectivity index (χ4n) is 1.46. The largest absolute Gasteiger partial charge is 0.491 e. The van der Waals surface area contributed by atoms with Crippen LogP contribution >= 0.6 is 0 Å². The first-order chi connectivity index (χ1) is 8.36. The predicted octanol–water partition coefficient (Wildman–Crippen LogP) is 1.37. The average molecular weight is 231 g/mol. The molecule has 6 heteroatoms. The molecule has 6 nitrogen and oxygen atoms in total. The van der Waals surface area contributed by atoms with Gasteiger partial charge in [0, 0.05) is 18.9 Å². The Morgan fingerprint density at radius 2 is 2.12 bits per heavy atom. The molecule has 0 radical (unpaired) electrons. The molecule has 0 fully saturated rings. The van der Waals surface area contributed by atoms with Crippen LogP contribution in [0.25, 0.3) is 11.4 Å². The highest BCUT2D eigenvalue weighted by Crippen LogP contribution is 2.30. The predicted molar refractivity (Wildman–Crippen MR) is 63.8 cm³/mol. The molecule has 0 aliphatic carbocycles. The van der Waals surface area contributed by atoms with Gasteiger partial charge in [0.15, 0.2) is 11.6 Å². The van der Waals surface area contributed by atoms with Gasteiger partial charge >= 0.3 is 0 Å². The Hall–Kier alpha value is -2.24. The minimum Gasteiger partial charge on any atom is -0.491 e. The topological polar surface area (TPSA) is 72.8 Å². The number of nitrogens with one attached hydrogen (secondary N) is 1. The third-order valence-corrected chi connectivity index (χ3v) is 2.16. The molecule has 0 unspecified atom stereocenters. The van der Waals surface area contributed by atoms with Crippen molar-refractivity contribution in [2.45, 2.75) is 6.92 Å². The van der Waals surface area contributed by atoms with E-state index in [1.165, 1.54) is 6.33 Å². The maximum Gasteiger partial charge on any atom is 0.189 e. The smallest absolute Gasteiger partial charge is 0.189 e. The third kappa shape index (κ3) is 2.30. The van der Waals surface area contributed by atoms with Gasteiger partial charge in [0.1, 0.15) is 17.7 Å². The van der Waals surface area contributed by atoms with Gasteiger partial charge in [0.05, 0.1) is 13.3 Å². The number of hydrogen-bond acceptors (Lipinski definition) is 6. The Morgan fingerprint density at radius 3 is 2.76 bits per heavy atom. The first-order valence-corrected chi connectivity index (χ1v) is 5.26. The lowest BCUT2D eigenvalue weighted by atomic mass is 10.2. The van der Waals surface area contributed by atoms with Crippen LogP contribution in [0.5, 0.6) is 5.75 Å². The molecule has 0 aliphatic rings. The van der Waals surface area contributed by atoms with E-state index in [0.29, 0.717) is 23.0 Å². The van der Waals surface area contributed by atoms with Crippen molar-refractivity contribution >= 4 is 5.82 Å². The number of hydrogen-bond donors (Lipinski definition) is 1. The molecule has 2 rings (SSSR count).